The molecule has 1 aliphatic heterocycles. The van der Waals surface area contributed by atoms with Gasteiger partial charge in [0.2, 0.25) is 0 Å². The van der Waals surface area contributed by atoms with E-state index in [2.05, 4.69) is 6.07 Å². The Labute approximate surface area is 143 Å². The molecular formula is C19H27NO4. The number of carbonyl (C=O) groups excluding carboxylic acids is 2. The van der Waals surface area contributed by atoms with Gasteiger partial charge in [-0.2, -0.15) is 0 Å². The molecule has 0 aliphatic carbocycles. The van der Waals surface area contributed by atoms with Crippen molar-refractivity contribution in [3.63, 3.8) is 0 Å². The Bertz CT molecular complexity index is 571. The van der Waals surface area contributed by atoms with E-state index in [1.165, 1.54) is 7.11 Å². The van der Waals surface area contributed by atoms with Gasteiger partial charge in [-0.05, 0) is 56.4 Å². The van der Waals surface area contributed by atoms with Crippen LogP contribution in [0.3, 0.4) is 0 Å². The fourth-order valence-electron chi connectivity index (χ4n) is 3.18. The van der Waals surface area contributed by atoms with Crippen molar-refractivity contribution in [2.75, 3.05) is 20.2 Å². The molecule has 1 saturated heterocycles. The zero-order chi connectivity index (χ0) is 17.7. The molecule has 5 nitrogen and oxygen atoms in total. The standard InChI is InChI=1S/C19H27NO4/c1-5-17(24-16-11-13(2)10-14(3)12-16)18(21)20-8-6-15(7-9-20)19(22)23-4/h10-12,15,17H,5-9H2,1-4H3/t17-/m0/s1. The summed E-state index contributed by atoms with van der Waals surface area (Å²) in [6, 6.07) is 5.98. The summed E-state index contributed by atoms with van der Waals surface area (Å²) >= 11 is 0. The van der Waals surface area contributed by atoms with Crippen LogP contribution >= 0.6 is 0 Å². The second-order valence-electron chi connectivity index (χ2n) is 6.46. The maximum atomic E-state index is 12.7. The van der Waals surface area contributed by atoms with Crippen molar-refractivity contribution in [1.29, 1.82) is 0 Å². The number of methoxy groups -OCH3 is 1. The molecule has 24 heavy (non-hydrogen) atoms. The smallest absolute Gasteiger partial charge is 0.308 e. The third-order valence-corrected chi connectivity index (χ3v) is 4.46. The molecule has 132 valence electrons. The minimum Gasteiger partial charge on any atom is -0.481 e. The van der Waals surface area contributed by atoms with Crippen LogP contribution in [0.1, 0.15) is 37.3 Å². The molecule has 1 heterocycles. The van der Waals surface area contributed by atoms with Crippen LogP contribution in [0.25, 0.3) is 0 Å². The molecule has 1 amide bonds. The highest BCUT2D eigenvalue weighted by Crippen LogP contribution is 2.22. The molecule has 0 unspecified atom stereocenters. The van der Waals surface area contributed by atoms with Crippen LogP contribution in [0.2, 0.25) is 0 Å². The Morgan fingerprint density at radius 2 is 1.75 bits per heavy atom. The summed E-state index contributed by atoms with van der Waals surface area (Å²) < 4.78 is 10.7. The normalized spacial score (nSPS) is 16.6. The highest BCUT2D eigenvalue weighted by atomic mass is 16.5. The number of esters is 1. The Morgan fingerprint density at radius 3 is 2.25 bits per heavy atom. The van der Waals surface area contributed by atoms with Crippen molar-refractivity contribution in [2.45, 2.75) is 46.1 Å². The first-order valence-electron chi connectivity index (χ1n) is 8.56. The van der Waals surface area contributed by atoms with Crippen LogP contribution in [0.15, 0.2) is 18.2 Å². The van der Waals surface area contributed by atoms with Crippen molar-refractivity contribution in [1.82, 2.24) is 4.90 Å². The van der Waals surface area contributed by atoms with Gasteiger partial charge in [-0.25, -0.2) is 0 Å². The summed E-state index contributed by atoms with van der Waals surface area (Å²) in [5.41, 5.74) is 2.23. The highest BCUT2D eigenvalue weighted by Gasteiger charge is 2.31. The summed E-state index contributed by atoms with van der Waals surface area (Å²) in [5, 5.41) is 0. The summed E-state index contributed by atoms with van der Waals surface area (Å²) in [6.07, 6.45) is 1.43. The first kappa shape index (κ1) is 18.3. The topological polar surface area (TPSA) is 55.8 Å². The molecule has 0 bridgehead atoms. The van der Waals surface area contributed by atoms with E-state index in [4.69, 9.17) is 9.47 Å². The fourth-order valence-corrected chi connectivity index (χ4v) is 3.18. The van der Waals surface area contributed by atoms with E-state index in [-0.39, 0.29) is 17.8 Å². The van der Waals surface area contributed by atoms with E-state index in [0.717, 1.165) is 16.9 Å². The van der Waals surface area contributed by atoms with Crippen LogP contribution in [-0.2, 0) is 14.3 Å². The zero-order valence-electron chi connectivity index (χ0n) is 15.0. The van der Waals surface area contributed by atoms with E-state index >= 15 is 0 Å². The summed E-state index contributed by atoms with van der Waals surface area (Å²) in [6.45, 7) is 7.13. The number of rotatable bonds is 5. The second-order valence-corrected chi connectivity index (χ2v) is 6.46. The monoisotopic (exact) mass is 333 g/mol. The molecule has 1 aromatic rings. The minimum atomic E-state index is -0.485. The molecule has 2 rings (SSSR count). The molecule has 1 aliphatic rings. The van der Waals surface area contributed by atoms with Crippen LogP contribution in [0.4, 0.5) is 0 Å². The Kier molecular flexibility index (Phi) is 6.23. The number of carbonyl (C=O) groups is 2. The number of nitrogens with zero attached hydrogens (tertiary/aromatic N) is 1. The molecule has 0 saturated carbocycles. The lowest BCUT2D eigenvalue weighted by atomic mass is 9.96. The fraction of sp³-hybridized carbons (Fsp3) is 0.579. The number of hydrogen-bond donors (Lipinski definition) is 0. The molecule has 0 spiro atoms. The van der Waals surface area contributed by atoms with E-state index in [9.17, 15) is 9.59 Å². The Morgan fingerprint density at radius 1 is 1.17 bits per heavy atom. The van der Waals surface area contributed by atoms with E-state index < -0.39 is 6.10 Å². The predicted octanol–water partition coefficient (Wildman–Crippen LogP) is 2.87. The lowest BCUT2D eigenvalue weighted by Gasteiger charge is -2.33. The Balaban J connectivity index is 1.98. The Hall–Kier alpha value is -2.04. The van der Waals surface area contributed by atoms with Gasteiger partial charge in [0.25, 0.3) is 5.91 Å². The molecule has 1 fully saturated rings. The number of hydrogen-bond acceptors (Lipinski definition) is 4. The first-order chi connectivity index (χ1) is 11.4. The van der Waals surface area contributed by atoms with Crippen LogP contribution < -0.4 is 4.74 Å². The van der Waals surface area contributed by atoms with Gasteiger partial charge >= 0.3 is 5.97 Å². The van der Waals surface area contributed by atoms with Crippen LogP contribution in [0.5, 0.6) is 5.75 Å². The average molecular weight is 333 g/mol. The van der Waals surface area contributed by atoms with Crippen molar-refractivity contribution >= 4 is 11.9 Å². The highest BCUT2D eigenvalue weighted by molar-refractivity contribution is 5.81. The van der Waals surface area contributed by atoms with Crippen molar-refractivity contribution in [3.8, 4) is 5.75 Å². The maximum absolute atomic E-state index is 12.7. The summed E-state index contributed by atoms with van der Waals surface area (Å²) in [7, 11) is 1.41. The molecule has 1 aromatic carbocycles. The van der Waals surface area contributed by atoms with Crippen molar-refractivity contribution in [2.24, 2.45) is 5.92 Å². The molecule has 1 atom stereocenters. The molecular weight excluding hydrogens is 306 g/mol. The van der Waals surface area contributed by atoms with E-state index in [0.29, 0.717) is 32.4 Å². The number of piperidine rings is 1. The van der Waals surface area contributed by atoms with Gasteiger partial charge in [0.1, 0.15) is 5.75 Å². The van der Waals surface area contributed by atoms with Gasteiger partial charge in [-0.1, -0.05) is 13.0 Å². The van der Waals surface area contributed by atoms with Gasteiger partial charge in [0.05, 0.1) is 13.0 Å². The molecule has 0 radical (unpaired) electrons. The first-order valence-corrected chi connectivity index (χ1v) is 8.56. The summed E-state index contributed by atoms with van der Waals surface area (Å²) in [5.74, 6) is 0.456. The number of likely N-dealkylation sites (tertiary alicyclic amines) is 1. The zero-order valence-corrected chi connectivity index (χ0v) is 15.0. The van der Waals surface area contributed by atoms with Crippen molar-refractivity contribution in [3.05, 3.63) is 29.3 Å². The lowest BCUT2D eigenvalue weighted by Crippen LogP contribution is -2.46. The molecule has 5 heteroatoms. The van der Waals surface area contributed by atoms with Gasteiger partial charge < -0.3 is 14.4 Å². The van der Waals surface area contributed by atoms with Crippen LogP contribution in [-0.4, -0.2) is 43.1 Å². The van der Waals surface area contributed by atoms with Crippen molar-refractivity contribution < 1.29 is 19.1 Å². The summed E-state index contributed by atoms with van der Waals surface area (Å²) in [4.78, 5) is 26.1. The van der Waals surface area contributed by atoms with Gasteiger partial charge in [0.15, 0.2) is 6.10 Å². The maximum Gasteiger partial charge on any atom is 0.308 e. The number of aryl methyl sites for hydroxylation is 2. The van der Waals surface area contributed by atoms with E-state index in [1.54, 1.807) is 4.90 Å². The SMILES string of the molecule is CC[C@H](Oc1cc(C)cc(C)c1)C(=O)N1CCC(C(=O)OC)CC1. The average Bonchev–Trinajstić information content (AvgIpc) is 2.57. The number of ether oxygens (including phenoxy) is 2. The molecule has 0 N–H and O–H groups in total. The van der Waals surface area contributed by atoms with Gasteiger partial charge in [0, 0.05) is 13.1 Å². The number of benzene rings is 1. The predicted molar refractivity (Wildman–Crippen MR) is 91.9 cm³/mol. The van der Waals surface area contributed by atoms with Crippen LogP contribution in [0, 0.1) is 19.8 Å². The third-order valence-electron chi connectivity index (χ3n) is 4.46. The lowest BCUT2D eigenvalue weighted by molar-refractivity contribution is -0.150. The van der Waals surface area contributed by atoms with Gasteiger partial charge in [-0.15, -0.1) is 0 Å². The number of amides is 1. The third kappa shape index (κ3) is 4.49. The van der Waals surface area contributed by atoms with Gasteiger partial charge in [-0.3, -0.25) is 9.59 Å². The second kappa shape index (κ2) is 8.18. The van der Waals surface area contributed by atoms with E-state index in [1.807, 2.05) is 32.9 Å². The minimum absolute atomic E-state index is 0.0000231. The quantitative estimate of drug-likeness (QED) is 0.778. The largest absolute Gasteiger partial charge is 0.481 e. The molecule has 0 aromatic heterocycles.